The summed E-state index contributed by atoms with van der Waals surface area (Å²) in [6.45, 7) is 4.28. The smallest absolute Gasteiger partial charge is 0.243 e. The van der Waals surface area contributed by atoms with Crippen LogP contribution in [0.1, 0.15) is 52.4 Å². The molecule has 0 aromatic heterocycles. The van der Waals surface area contributed by atoms with Crippen LogP contribution >= 0.6 is 0 Å². The summed E-state index contributed by atoms with van der Waals surface area (Å²) in [7, 11) is 0. The number of amides is 3. The molecule has 1 aliphatic carbocycles. The number of anilines is 1. The minimum atomic E-state index is -0.607. The zero-order valence-electron chi connectivity index (χ0n) is 18.2. The zero-order valence-corrected chi connectivity index (χ0v) is 18.2. The van der Waals surface area contributed by atoms with Crippen LogP contribution in [0.15, 0.2) is 18.2 Å². The van der Waals surface area contributed by atoms with Gasteiger partial charge in [0.15, 0.2) is 11.5 Å². The molecule has 2 heterocycles. The maximum atomic E-state index is 13.0. The lowest BCUT2D eigenvalue weighted by Crippen LogP contribution is -2.53. The molecule has 0 unspecified atom stereocenters. The summed E-state index contributed by atoms with van der Waals surface area (Å²) in [4.78, 5) is 40.0. The van der Waals surface area contributed by atoms with Crippen LogP contribution < -0.4 is 25.0 Å². The van der Waals surface area contributed by atoms with Crippen LogP contribution in [0.25, 0.3) is 0 Å². The predicted molar refractivity (Wildman–Crippen MR) is 115 cm³/mol. The summed E-state index contributed by atoms with van der Waals surface area (Å²) >= 11 is 0. The van der Waals surface area contributed by atoms with Gasteiger partial charge in [-0.3, -0.25) is 14.4 Å². The molecule has 1 saturated heterocycles. The molecular weight excluding hydrogens is 398 g/mol. The van der Waals surface area contributed by atoms with Gasteiger partial charge in [-0.15, -0.1) is 0 Å². The second-order valence-electron chi connectivity index (χ2n) is 9.02. The highest BCUT2D eigenvalue weighted by atomic mass is 16.7. The minimum absolute atomic E-state index is 0.0467. The van der Waals surface area contributed by atoms with Crippen molar-refractivity contribution < 1.29 is 23.9 Å². The number of carbonyl (C=O) groups excluding carboxylic acids is 3. The van der Waals surface area contributed by atoms with Crippen LogP contribution in [0.2, 0.25) is 0 Å². The van der Waals surface area contributed by atoms with Crippen molar-refractivity contribution in [3.63, 3.8) is 0 Å². The van der Waals surface area contributed by atoms with E-state index in [1.165, 1.54) is 6.42 Å². The van der Waals surface area contributed by atoms with Crippen molar-refractivity contribution in [2.45, 2.75) is 64.5 Å². The fraction of sp³-hybridized carbons (Fsp3) is 0.609. The van der Waals surface area contributed by atoms with E-state index in [0.717, 1.165) is 25.7 Å². The Morgan fingerprint density at radius 1 is 1.10 bits per heavy atom. The van der Waals surface area contributed by atoms with Gasteiger partial charge in [0.25, 0.3) is 0 Å². The first kappa shape index (κ1) is 21.5. The fourth-order valence-electron chi connectivity index (χ4n) is 4.53. The molecule has 2 aliphatic heterocycles. The van der Waals surface area contributed by atoms with Crippen LogP contribution in [0, 0.1) is 11.8 Å². The Balaban J connectivity index is 1.37. The minimum Gasteiger partial charge on any atom is -0.454 e. The van der Waals surface area contributed by atoms with E-state index in [1.54, 1.807) is 23.1 Å². The molecule has 0 bridgehead atoms. The highest BCUT2D eigenvalue weighted by molar-refractivity contribution is 6.01. The monoisotopic (exact) mass is 429 g/mol. The Kier molecular flexibility index (Phi) is 6.34. The first-order valence-electron chi connectivity index (χ1n) is 11.2. The molecule has 2 atom stereocenters. The van der Waals surface area contributed by atoms with Gasteiger partial charge in [-0.1, -0.05) is 33.1 Å². The van der Waals surface area contributed by atoms with E-state index in [4.69, 9.17) is 9.47 Å². The summed E-state index contributed by atoms with van der Waals surface area (Å²) in [5.74, 6) is 0.190. The Bertz CT molecular complexity index is 850. The van der Waals surface area contributed by atoms with E-state index in [-0.39, 0.29) is 49.4 Å². The average molecular weight is 430 g/mol. The van der Waals surface area contributed by atoms with Crippen molar-refractivity contribution in [2.75, 3.05) is 18.2 Å². The molecule has 31 heavy (non-hydrogen) atoms. The number of carbonyl (C=O) groups is 3. The van der Waals surface area contributed by atoms with E-state index in [0.29, 0.717) is 17.2 Å². The first-order valence-corrected chi connectivity index (χ1v) is 11.2. The van der Waals surface area contributed by atoms with E-state index in [9.17, 15) is 14.4 Å². The van der Waals surface area contributed by atoms with Gasteiger partial charge >= 0.3 is 0 Å². The average Bonchev–Trinajstić information content (AvgIpc) is 3.38. The molecule has 4 rings (SSSR count). The molecule has 3 aliphatic rings. The van der Waals surface area contributed by atoms with Gasteiger partial charge in [0.05, 0.1) is 5.92 Å². The second-order valence-corrected chi connectivity index (χ2v) is 9.02. The molecule has 1 aromatic rings. The second kappa shape index (κ2) is 9.16. The molecule has 1 aromatic carbocycles. The number of fused-ring (bicyclic) bond motifs is 1. The van der Waals surface area contributed by atoms with E-state index < -0.39 is 12.0 Å². The predicted octanol–water partition coefficient (Wildman–Crippen LogP) is 2.36. The Morgan fingerprint density at radius 2 is 1.84 bits per heavy atom. The maximum absolute atomic E-state index is 13.0. The lowest BCUT2D eigenvalue weighted by atomic mass is 9.94. The van der Waals surface area contributed by atoms with Gasteiger partial charge in [0.2, 0.25) is 24.5 Å². The molecule has 8 nitrogen and oxygen atoms in total. The van der Waals surface area contributed by atoms with Crippen molar-refractivity contribution in [3.05, 3.63) is 18.2 Å². The third-order valence-electron chi connectivity index (χ3n) is 6.36. The number of rotatable bonds is 6. The zero-order chi connectivity index (χ0) is 22.0. The normalized spacial score (nSPS) is 22.0. The van der Waals surface area contributed by atoms with Crippen molar-refractivity contribution in [3.8, 4) is 11.5 Å². The Labute approximate surface area is 182 Å². The third-order valence-corrected chi connectivity index (χ3v) is 6.36. The Hall–Kier alpha value is -2.77. The standard InChI is InChI=1S/C23H31N3O5/c1-14(2)21(23(29)24-16-6-4-3-5-7-16)25-22(28)15-10-20(27)26(12-15)17-8-9-18-19(11-17)31-13-30-18/h8-9,11,14-16,21H,3-7,10,12-13H2,1-2H3,(H,24,29)(H,25,28)/t15-,21+/m1/s1. The van der Waals surface area contributed by atoms with Crippen molar-refractivity contribution in [1.29, 1.82) is 0 Å². The summed E-state index contributed by atoms with van der Waals surface area (Å²) in [6.07, 6.45) is 5.58. The number of nitrogens with one attached hydrogen (secondary N) is 2. The van der Waals surface area contributed by atoms with Crippen molar-refractivity contribution >= 4 is 23.4 Å². The van der Waals surface area contributed by atoms with Crippen LogP contribution in [-0.2, 0) is 14.4 Å². The van der Waals surface area contributed by atoms with Gasteiger partial charge in [-0.05, 0) is 30.9 Å². The van der Waals surface area contributed by atoms with Crippen molar-refractivity contribution in [2.24, 2.45) is 11.8 Å². The van der Waals surface area contributed by atoms with Gasteiger partial charge < -0.3 is 25.0 Å². The highest BCUT2D eigenvalue weighted by Gasteiger charge is 2.37. The molecule has 2 fully saturated rings. The quantitative estimate of drug-likeness (QED) is 0.724. The number of hydrogen-bond acceptors (Lipinski definition) is 5. The molecular formula is C23H31N3O5. The SMILES string of the molecule is CC(C)[C@H](NC(=O)[C@@H]1CC(=O)N(c2ccc3c(c2)OCO3)C1)C(=O)NC1CCCCC1. The van der Waals surface area contributed by atoms with Crippen LogP contribution in [-0.4, -0.2) is 43.1 Å². The molecule has 1 saturated carbocycles. The van der Waals surface area contributed by atoms with E-state index in [2.05, 4.69) is 10.6 Å². The number of hydrogen-bond donors (Lipinski definition) is 2. The van der Waals surface area contributed by atoms with E-state index >= 15 is 0 Å². The molecule has 3 amide bonds. The van der Waals surface area contributed by atoms with Gasteiger partial charge in [0.1, 0.15) is 6.04 Å². The van der Waals surface area contributed by atoms with Gasteiger partial charge in [-0.2, -0.15) is 0 Å². The summed E-state index contributed by atoms with van der Waals surface area (Å²) in [5.41, 5.74) is 0.681. The lowest BCUT2D eigenvalue weighted by Gasteiger charge is -2.28. The van der Waals surface area contributed by atoms with Gasteiger partial charge in [-0.25, -0.2) is 0 Å². The number of nitrogens with zero attached hydrogens (tertiary/aromatic N) is 1. The van der Waals surface area contributed by atoms with Gasteiger partial charge in [0, 0.05) is 30.8 Å². The molecule has 2 N–H and O–H groups in total. The highest BCUT2D eigenvalue weighted by Crippen LogP contribution is 2.37. The fourth-order valence-corrected chi connectivity index (χ4v) is 4.53. The van der Waals surface area contributed by atoms with Crippen molar-refractivity contribution in [1.82, 2.24) is 10.6 Å². The van der Waals surface area contributed by atoms with Crippen LogP contribution in [0.5, 0.6) is 11.5 Å². The molecule has 168 valence electrons. The summed E-state index contributed by atoms with van der Waals surface area (Å²) in [5, 5.41) is 6.01. The molecule has 0 radical (unpaired) electrons. The lowest BCUT2D eigenvalue weighted by molar-refractivity contribution is -0.132. The Morgan fingerprint density at radius 3 is 2.58 bits per heavy atom. The van der Waals surface area contributed by atoms with Crippen LogP contribution in [0.3, 0.4) is 0 Å². The summed E-state index contributed by atoms with van der Waals surface area (Å²) < 4.78 is 10.7. The van der Waals surface area contributed by atoms with E-state index in [1.807, 2.05) is 13.8 Å². The molecule has 0 spiro atoms. The number of ether oxygens (including phenoxy) is 2. The largest absolute Gasteiger partial charge is 0.454 e. The summed E-state index contributed by atoms with van der Waals surface area (Å²) in [6, 6.07) is 4.90. The molecule has 8 heteroatoms. The maximum Gasteiger partial charge on any atom is 0.243 e. The first-order chi connectivity index (χ1) is 14.9. The third kappa shape index (κ3) is 4.78. The topological polar surface area (TPSA) is 97.0 Å². The van der Waals surface area contributed by atoms with Crippen LogP contribution in [0.4, 0.5) is 5.69 Å². The number of benzene rings is 1.